The lowest BCUT2D eigenvalue weighted by atomic mass is 9.80. The summed E-state index contributed by atoms with van der Waals surface area (Å²) in [6, 6.07) is 0. The van der Waals surface area contributed by atoms with E-state index in [1.807, 2.05) is 11.6 Å². The van der Waals surface area contributed by atoms with Crippen LogP contribution < -0.4 is 4.90 Å². The Morgan fingerprint density at radius 3 is 2.38 bits per heavy atom. The molecule has 0 radical (unpaired) electrons. The highest BCUT2D eigenvalue weighted by molar-refractivity contribution is 7.13. The predicted octanol–water partition coefficient (Wildman–Crippen LogP) is 2.60. The summed E-state index contributed by atoms with van der Waals surface area (Å²) in [5, 5.41) is 13.2. The van der Waals surface area contributed by atoms with Gasteiger partial charge in [0.2, 0.25) is 0 Å². The Balaban J connectivity index is 1.54. The van der Waals surface area contributed by atoms with Crippen molar-refractivity contribution in [3.8, 4) is 0 Å². The Labute approximate surface area is 131 Å². The van der Waals surface area contributed by atoms with Crippen LogP contribution in [0.2, 0.25) is 0 Å². The Kier molecular flexibility index (Phi) is 5.14. The fourth-order valence-electron chi connectivity index (χ4n) is 3.79. The van der Waals surface area contributed by atoms with Crippen LogP contribution in [-0.2, 0) is 0 Å². The van der Waals surface area contributed by atoms with Crippen LogP contribution in [0.4, 0.5) is 5.13 Å². The minimum Gasteiger partial charge on any atom is -0.396 e. The number of rotatable bonds is 4. The van der Waals surface area contributed by atoms with Crippen molar-refractivity contribution in [2.45, 2.75) is 38.5 Å². The zero-order chi connectivity index (χ0) is 14.5. The Morgan fingerprint density at radius 1 is 1.10 bits per heavy atom. The number of aromatic nitrogens is 1. The molecule has 1 saturated heterocycles. The van der Waals surface area contributed by atoms with Crippen LogP contribution in [0.1, 0.15) is 38.5 Å². The molecule has 1 aromatic heterocycles. The number of aliphatic hydroxyl groups is 1. The van der Waals surface area contributed by atoms with E-state index in [1.54, 1.807) is 11.3 Å². The summed E-state index contributed by atoms with van der Waals surface area (Å²) in [4.78, 5) is 9.36. The van der Waals surface area contributed by atoms with Crippen LogP contribution >= 0.6 is 11.3 Å². The lowest BCUT2D eigenvalue weighted by Gasteiger charge is -2.41. The summed E-state index contributed by atoms with van der Waals surface area (Å²) in [6.45, 7) is 5.77. The highest BCUT2D eigenvalue weighted by atomic mass is 32.1. The van der Waals surface area contributed by atoms with Gasteiger partial charge >= 0.3 is 0 Å². The zero-order valence-electron chi connectivity index (χ0n) is 12.8. The lowest BCUT2D eigenvalue weighted by molar-refractivity contribution is 0.0571. The highest BCUT2D eigenvalue weighted by Gasteiger charge is 2.33. The number of anilines is 1. The molecule has 1 saturated carbocycles. The molecule has 0 aromatic carbocycles. The van der Waals surface area contributed by atoms with E-state index in [2.05, 4.69) is 14.8 Å². The van der Waals surface area contributed by atoms with E-state index in [0.717, 1.165) is 37.9 Å². The molecule has 1 aromatic rings. The van der Waals surface area contributed by atoms with Crippen LogP contribution in [-0.4, -0.2) is 54.3 Å². The van der Waals surface area contributed by atoms with Crippen molar-refractivity contribution in [2.75, 3.05) is 44.2 Å². The van der Waals surface area contributed by atoms with Gasteiger partial charge in [-0.1, -0.05) is 25.7 Å². The number of hydrogen-bond donors (Lipinski definition) is 1. The summed E-state index contributed by atoms with van der Waals surface area (Å²) in [6.07, 6.45) is 9.57. The molecule has 1 aliphatic carbocycles. The normalized spacial score (nSPS) is 24.0. The van der Waals surface area contributed by atoms with Crippen molar-refractivity contribution in [2.24, 2.45) is 5.41 Å². The molecule has 2 fully saturated rings. The molecule has 0 bridgehead atoms. The minimum atomic E-state index is 0.167. The molecular formula is C16H27N3OS. The van der Waals surface area contributed by atoms with Gasteiger partial charge in [0.05, 0.1) is 0 Å². The molecule has 0 spiro atoms. The van der Waals surface area contributed by atoms with Gasteiger partial charge in [0.25, 0.3) is 0 Å². The average Bonchev–Trinajstić information content (AvgIpc) is 2.96. The maximum absolute atomic E-state index is 9.95. The maximum atomic E-state index is 9.95. The van der Waals surface area contributed by atoms with Gasteiger partial charge < -0.3 is 10.0 Å². The van der Waals surface area contributed by atoms with Gasteiger partial charge in [0.1, 0.15) is 0 Å². The highest BCUT2D eigenvalue weighted by Crippen LogP contribution is 2.35. The number of thiazole rings is 1. The molecule has 0 amide bonds. The van der Waals surface area contributed by atoms with E-state index in [0.29, 0.717) is 6.61 Å². The van der Waals surface area contributed by atoms with E-state index < -0.39 is 0 Å². The first-order chi connectivity index (χ1) is 10.3. The first-order valence-electron chi connectivity index (χ1n) is 8.29. The van der Waals surface area contributed by atoms with Crippen LogP contribution in [0.15, 0.2) is 11.6 Å². The molecule has 1 N–H and O–H groups in total. The largest absolute Gasteiger partial charge is 0.396 e. The number of piperazine rings is 1. The molecule has 0 unspecified atom stereocenters. The Hall–Kier alpha value is -0.650. The topological polar surface area (TPSA) is 39.6 Å². The molecular weight excluding hydrogens is 282 g/mol. The number of hydrogen-bond acceptors (Lipinski definition) is 5. The van der Waals surface area contributed by atoms with Crippen LogP contribution in [0, 0.1) is 5.41 Å². The third-order valence-corrected chi connectivity index (χ3v) is 5.95. The molecule has 1 aliphatic heterocycles. The van der Waals surface area contributed by atoms with Crippen molar-refractivity contribution >= 4 is 16.5 Å². The lowest BCUT2D eigenvalue weighted by Crippen LogP contribution is -2.50. The second-order valence-electron chi connectivity index (χ2n) is 6.65. The minimum absolute atomic E-state index is 0.167. The fraction of sp³-hybridized carbons (Fsp3) is 0.812. The van der Waals surface area contributed by atoms with Gasteiger partial charge in [-0.3, -0.25) is 4.90 Å². The molecule has 2 heterocycles. The van der Waals surface area contributed by atoms with Gasteiger partial charge in [-0.2, -0.15) is 0 Å². The fourth-order valence-corrected chi connectivity index (χ4v) is 4.49. The second-order valence-corrected chi connectivity index (χ2v) is 7.52. The smallest absolute Gasteiger partial charge is 0.185 e. The average molecular weight is 309 g/mol. The molecule has 2 aliphatic rings. The molecule has 3 rings (SSSR count). The molecule has 5 heteroatoms. The van der Waals surface area contributed by atoms with E-state index in [-0.39, 0.29) is 5.41 Å². The van der Waals surface area contributed by atoms with E-state index in [4.69, 9.17) is 0 Å². The monoisotopic (exact) mass is 309 g/mol. The van der Waals surface area contributed by atoms with Gasteiger partial charge in [-0.15, -0.1) is 11.3 Å². The van der Waals surface area contributed by atoms with Gasteiger partial charge in [0, 0.05) is 56.3 Å². The van der Waals surface area contributed by atoms with Crippen molar-refractivity contribution < 1.29 is 5.11 Å². The molecule has 0 atom stereocenters. The molecule has 118 valence electrons. The number of aliphatic hydroxyl groups excluding tert-OH is 1. The van der Waals surface area contributed by atoms with Crippen LogP contribution in [0.3, 0.4) is 0 Å². The van der Waals surface area contributed by atoms with Crippen LogP contribution in [0.5, 0.6) is 0 Å². The van der Waals surface area contributed by atoms with Crippen molar-refractivity contribution in [1.82, 2.24) is 9.88 Å². The molecule has 4 nitrogen and oxygen atoms in total. The second kappa shape index (κ2) is 7.07. The molecule has 21 heavy (non-hydrogen) atoms. The van der Waals surface area contributed by atoms with Crippen molar-refractivity contribution in [1.29, 1.82) is 0 Å². The summed E-state index contributed by atoms with van der Waals surface area (Å²) >= 11 is 1.73. The van der Waals surface area contributed by atoms with E-state index >= 15 is 0 Å². The predicted molar refractivity (Wildman–Crippen MR) is 88.0 cm³/mol. The first kappa shape index (κ1) is 15.3. The maximum Gasteiger partial charge on any atom is 0.185 e. The summed E-state index contributed by atoms with van der Waals surface area (Å²) in [5.74, 6) is 0. The Morgan fingerprint density at radius 2 is 1.81 bits per heavy atom. The van der Waals surface area contributed by atoms with E-state index in [1.165, 1.54) is 38.5 Å². The summed E-state index contributed by atoms with van der Waals surface area (Å²) < 4.78 is 0. The third kappa shape index (κ3) is 3.76. The van der Waals surface area contributed by atoms with Gasteiger partial charge in [-0.25, -0.2) is 4.98 Å². The quantitative estimate of drug-likeness (QED) is 0.868. The van der Waals surface area contributed by atoms with Gasteiger partial charge in [-0.05, 0) is 12.8 Å². The van der Waals surface area contributed by atoms with Crippen LogP contribution in [0.25, 0.3) is 0 Å². The van der Waals surface area contributed by atoms with E-state index in [9.17, 15) is 5.11 Å². The summed E-state index contributed by atoms with van der Waals surface area (Å²) in [5.41, 5.74) is 0.167. The standard InChI is InChI=1S/C16H27N3OS/c20-14-16(5-3-1-2-4-6-16)13-18-8-10-19(11-9-18)15-17-7-12-21-15/h7,12,20H,1-6,8-11,13-14H2. The van der Waals surface area contributed by atoms with Crippen molar-refractivity contribution in [3.63, 3.8) is 0 Å². The Bertz CT molecular complexity index is 407. The zero-order valence-corrected chi connectivity index (χ0v) is 13.7. The first-order valence-corrected chi connectivity index (χ1v) is 9.17. The third-order valence-electron chi connectivity index (χ3n) is 5.12. The summed E-state index contributed by atoms with van der Waals surface area (Å²) in [7, 11) is 0. The van der Waals surface area contributed by atoms with Crippen molar-refractivity contribution in [3.05, 3.63) is 11.6 Å². The SMILES string of the molecule is OCC1(CN2CCN(c3nccs3)CC2)CCCCCC1. The van der Waals surface area contributed by atoms with Gasteiger partial charge in [0.15, 0.2) is 5.13 Å². The number of nitrogens with zero attached hydrogens (tertiary/aromatic N) is 3.